The number of halogens is 2. The van der Waals surface area contributed by atoms with Gasteiger partial charge in [0.2, 0.25) is 0 Å². The van der Waals surface area contributed by atoms with Crippen LogP contribution in [0.1, 0.15) is 15.9 Å². The van der Waals surface area contributed by atoms with E-state index in [9.17, 15) is 9.59 Å². The molecule has 5 nitrogen and oxygen atoms in total. The van der Waals surface area contributed by atoms with Crippen molar-refractivity contribution in [2.24, 2.45) is 0 Å². The standard InChI is InChI=1S/C14H9BrClN3O2/c15-9-5-12-11(18-14(21)19-12)4-8(9)13(20)7-2-1-6(17)3-10(7)16/h1-5H,17H2,(H2,18,19,21). The van der Waals surface area contributed by atoms with Gasteiger partial charge in [0.05, 0.1) is 16.1 Å². The smallest absolute Gasteiger partial charge is 0.323 e. The lowest BCUT2D eigenvalue weighted by Crippen LogP contribution is -2.04. The number of nitrogens with two attached hydrogens (primary N) is 1. The predicted molar refractivity (Wildman–Crippen MR) is 85.9 cm³/mol. The molecule has 0 amide bonds. The van der Waals surface area contributed by atoms with Crippen molar-refractivity contribution >= 4 is 50.0 Å². The molecule has 106 valence electrons. The molecule has 0 aliphatic rings. The number of nitrogens with one attached hydrogen (secondary N) is 2. The molecule has 2 aromatic carbocycles. The summed E-state index contributed by atoms with van der Waals surface area (Å²) >= 11 is 9.41. The molecule has 0 atom stereocenters. The molecule has 3 rings (SSSR count). The number of anilines is 1. The van der Waals surface area contributed by atoms with E-state index in [1.807, 2.05) is 0 Å². The quantitative estimate of drug-likeness (QED) is 0.481. The highest BCUT2D eigenvalue weighted by Crippen LogP contribution is 2.27. The van der Waals surface area contributed by atoms with E-state index in [4.69, 9.17) is 17.3 Å². The minimum atomic E-state index is -0.327. The molecule has 1 aromatic heterocycles. The Labute approximate surface area is 132 Å². The maximum Gasteiger partial charge on any atom is 0.323 e. The van der Waals surface area contributed by atoms with Crippen LogP contribution in [0.2, 0.25) is 5.02 Å². The first-order valence-corrected chi connectivity index (χ1v) is 7.14. The van der Waals surface area contributed by atoms with Crippen LogP contribution in [0.25, 0.3) is 11.0 Å². The molecule has 3 aromatic rings. The Morgan fingerprint density at radius 3 is 2.43 bits per heavy atom. The fourth-order valence-corrected chi connectivity index (χ4v) is 2.89. The third kappa shape index (κ3) is 2.48. The molecule has 0 radical (unpaired) electrons. The van der Waals surface area contributed by atoms with E-state index < -0.39 is 0 Å². The van der Waals surface area contributed by atoms with Crippen molar-refractivity contribution in [2.45, 2.75) is 0 Å². The number of nitrogen functional groups attached to an aromatic ring is 1. The zero-order valence-corrected chi connectivity index (χ0v) is 12.9. The van der Waals surface area contributed by atoms with Crippen molar-refractivity contribution in [1.29, 1.82) is 0 Å². The van der Waals surface area contributed by atoms with Gasteiger partial charge in [0.25, 0.3) is 0 Å². The van der Waals surface area contributed by atoms with Crippen LogP contribution in [0.3, 0.4) is 0 Å². The minimum absolute atomic E-state index is 0.254. The van der Waals surface area contributed by atoms with Crippen LogP contribution in [-0.4, -0.2) is 15.8 Å². The second kappa shape index (κ2) is 5.05. The first kappa shape index (κ1) is 13.9. The fourth-order valence-electron chi connectivity index (χ4n) is 2.09. The van der Waals surface area contributed by atoms with Gasteiger partial charge in [-0.1, -0.05) is 11.6 Å². The van der Waals surface area contributed by atoms with Gasteiger partial charge in [-0.2, -0.15) is 0 Å². The van der Waals surface area contributed by atoms with Crippen LogP contribution >= 0.6 is 27.5 Å². The minimum Gasteiger partial charge on any atom is -0.399 e. The number of carbonyl (C=O) groups is 1. The van der Waals surface area contributed by atoms with Gasteiger partial charge in [0.15, 0.2) is 5.78 Å². The van der Waals surface area contributed by atoms with E-state index in [0.717, 1.165) is 0 Å². The number of hydrogen-bond acceptors (Lipinski definition) is 3. The Kier molecular flexibility index (Phi) is 3.35. The van der Waals surface area contributed by atoms with E-state index in [-0.39, 0.29) is 16.5 Å². The highest BCUT2D eigenvalue weighted by atomic mass is 79.9. The predicted octanol–water partition coefficient (Wildman–Crippen LogP) is 3.09. The summed E-state index contributed by atoms with van der Waals surface area (Å²) in [6.07, 6.45) is 0. The second-order valence-electron chi connectivity index (χ2n) is 4.53. The van der Waals surface area contributed by atoms with Gasteiger partial charge in [-0.25, -0.2) is 4.79 Å². The molecule has 1 heterocycles. The van der Waals surface area contributed by atoms with Crippen LogP contribution in [0.5, 0.6) is 0 Å². The summed E-state index contributed by atoms with van der Waals surface area (Å²) in [5.74, 6) is -0.254. The lowest BCUT2D eigenvalue weighted by atomic mass is 10.0. The van der Waals surface area contributed by atoms with Crippen LogP contribution in [0, 0.1) is 0 Å². The van der Waals surface area contributed by atoms with Gasteiger partial charge >= 0.3 is 5.69 Å². The van der Waals surface area contributed by atoms with E-state index >= 15 is 0 Å². The molecule has 7 heteroatoms. The molecule has 4 N–H and O–H groups in total. The summed E-state index contributed by atoms with van der Waals surface area (Å²) in [7, 11) is 0. The number of carbonyl (C=O) groups excluding carboxylic acids is 1. The van der Waals surface area contributed by atoms with Crippen LogP contribution < -0.4 is 11.4 Å². The normalized spacial score (nSPS) is 11.0. The van der Waals surface area contributed by atoms with Crippen molar-refractivity contribution < 1.29 is 4.79 Å². The molecule has 0 spiro atoms. The third-order valence-electron chi connectivity index (χ3n) is 3.09. The number of ketones is 1. The Hall–Kier alpha value is -2.05. The van der Waals surface area contributed by atoms with Crippen LogP contribution in [-0.2, 0) is 0 Å². The number of benzene rings is 2. The van der Waals surface area contributed by atoms with E-state index in [1.54, 1.807) is 24.3 Å². The zero-order chi connectivity index (χ0) is 15.1. The van der Waals surface area contributed by atoms with Crippen molar-refractivity contribution in [3.05, 3.63) is 61.4 Å². The average molecular weight is 367 g/mol. The van der Waals surface area contributed by atoms with Crippen molar-refractivity contribution in [3.63, 3.8) is 0 Å². The van der Waals surface area contributed by atoms with Crippen molar-refractivity contribution in [1.82, 2.24) is 9.97 Å². The number of hydrogen-bond donors (Lipinski definition) is 3. The van der Waals surface area contributed by atoms with Gasteiger partial charge in [-0.3, -0.25) is 4.79 Å². The van der Waals surface area contributed by atoms with Gasteiger partial charge in [0, 0.05) is 21.3 Å². The van der Waals surface area contributed by atoms with Crippen molar-refractivity contribution in [3.8, 4) is 0 Å². The SMILES string of the molecule is Nc1ccc(C(=O)c2cc3[nH]c(=O)[nH]c3cc2Br)c(Cl)c1. The molecular formula is C14H9BrClN3O2. The monoisotopic (exact) mass is 365 g/mol. The molecule has 0 aliphatic carbocycles. The molecule has 21 heavy (non-hydrogen) atoms. The number of rotatable bonds is 2. The van der Waals surface area contributed by atoms with Crippen LogP contribution in [0.15, 0.2) is 39.6 Å². The maximum atomic E-state index is 12.6. The van der Waals surface area contributed by atoms with E-state index in [2.05, 4.69) is 25.9 Å². The lowest BCUT2D eigenvalue weighted by Gasteiger charge is -2.07. The molecule has 0 unspecified atom stereocenters. The highest BCUT2D eigenvalue weighted by Gasteiger charge is 2.17. The summed E-state index contributed by atoms with van der Waals surface area (Å²) < 4.78 is 0.572. The molecule has 0 saturated heterocycles. The Bertz CT molecular complexity index is 930. The fraction of sp³-hybridized carbons (Fsp3) is 0. The first-order chi connectivity index (χ1) is 9.95. The lowest BCUT2D eigenvalue weighted by molar-refractivity contribution is 0.103. The van der Waals surface area contributed by atoms with Crippen LogP contribution in [0.4, 0.5) is 5.69 Å². The number of imidazole rings is 1. The Morgan fingerprint density at radius 1 is 1.10 bits per heavy atom. The number of H-pyrrole nitrogens is 2. The summed E-state index contributed by atoms with van der Waals surface area (Å²) in [4.78, 5) is 29.1. The molecule has 0 saturated carbocycles. The molecule has 0 aliphatic heterocycles. The molecule has 0 bridgehead atoms. The summed E-state index contributed by atoms with van der Waals surface area (Å²) in [5.41, 5.74) is 7.71. The first-order valence-electron chi connectivity index (χ1n) is 5.97. The van der Waals surface area contributed by atoms with E-state index in [0.29, 0.717) is 32.3 Å². The largest absolute Gasteiger partial charge is 0.399 e. The second-order valence-corrected chi connectivity index (χ2v) is 5.79. The average Bonchev–Trinajstić information content (AvgIpc) is 2.76. The Morgan fingerprint density at radius 2 is 1.76 bits per heavy atom. The summed E-state index contributed by atoms with van der Waals surface area (Å²) in [6.45, 7) is 0. The Balaban J connectivity index is 2.16. The zero-order valence-electron chi connectivity index (χ0n) is 10.5. The van der Waals surface area contributed by atoms with E-state index in [1.165, 1.54) is 6.07 Å². The number of aromatic nitrogens is 2. The summed E-state index contributed by atoms with van der Waals surface area (Å²) in [6, 6.07) is 8.00. The van der Waals surface area contributed by atoms with Gasteiger partial charge < -0.3 is 15.7 Å². The number of aromatic amines is 2. The van der Waals surface area contributed by atoms with Gasteiger partial charge in [-0.15, -0.1) is 0 Å². The summed E-state index contributed by atoms with van der Waals surface area (Å²) in [5, 5.41) is 0.287. The molecule has 0 fully saturated rings. The van der Waals surface area contributed by atoms with Crippen molar-refractivity contribution in [2.75, 3.05) is 5.73 Å². The topological polar surface area (TPSA) is 91.7 Å². The highest BCUT2D eigenvalue weighted by molar-refractivity contribution is 9.10. The van der Waals surface area contributed by atoms with Gasteiger partial charge in [0.1, 0.15) is 0 Å². The molecular weight excluding hydrogens is 358 g/mol. The maximum absolute atomic E-state index is 12.6. The third-order valence-corrected chi connectivity index (χ3v) is 4.05. The van der Waals surface area contributed by atoms with Gasteiger partial charge in [-0.05, 0) is 46.3 Å². The number of fused-ring (bicyclic) bond motifs is 1.